The van der Waals surface area contributed by atoms with Crippen molar-refractivity contribution in [2.24, 2.45) is 0 Å². The number of hydrogen-bond acceptors (Lipinski definition) is 4. The Bertz CT molecular complexity index is 1190. The third-order valence-corrected chi connectivity index (χ3v) is 7.92. The van der Waals surface area contributed by atoms with Crippen LogP contribution in [-0.4, -0.2) is 62.2 Å². The van der Waals surface area contributed by atoms with Crippen molar-refractivity contribution in [3.63, 3.8) is 0 Å². The van der Waals surface area contributed by atoms with Crippen molar-refractivity contribution >= 4 is 27.7 Å². The van der Waals surface area contributed by atoms with E-state index >= 15 is 0 Å². The molecule has 0 bridgehead atoms. The molecule has 8 nitrogen and oxygen atoms in total. The summed E-state index contributed by atoms with van der Waals surface area (Å²) >= 11 is 0. The molecule has 198 valence electrons. The second kappa shape index (κ2) is 12.3. The van der Waals surface area contributed by atoms with E-state index in [1.165, 1.54) is 37.2 Å². The second-order valence-electron chi connectivity index (χ2n) is 9.19. The lowest BCUT2D eigenvalue weighted by molar-refractivity contribution is -0.139. The van der Waals surface area contributed by atoms with Crippen LogP contribution >= 0.6 is 0 Å². The molecule has 1 N–H and O–H groups in total. The Balaban J connectivity index is 2.52. The largest absolute Gasteiger partial charge is 0.352 e. The average molecular weight is 521 g/mol. The number of carbonyl (C=O) groups excluding carboxylic acids is 2. The van der Waals surface area contributed by atoms with Crippen molar-refractivity contribution in [3.05, 3.63) is 65.0 Å². The van der Waals surface area contributed by atoms with Crippen LogP contribution in [0.2, 0.25) is 0 Å². The number of amides is 2. The van der Waals surface area contributed by atoms with Crippen LogP contribution in [0.4, 0.5) is 10.1 Å². The van der Waals surface area contributed by atoms with Gasteiger partial charge < -0.3 is 10.2 Å². The lowest BCUT2D eigenvalue weighted by atomic mass is 10.1. The number of aryl methyl sites for hydroxylation is 2. The summed E-state index contributed by atoms with van der Waals surface area (Å²) in [6, 6.07) is 10.2. The Morgan fingerprint density at radius 2 is 1.69 bits per heavy atom. The standard InChI is InChI=1S/C26H37FN4O4S/c1-8-20(4)28-26(33)21(5)30(16-22-11-9-10-12-23(22)27)25(32)17-31(36(34,35)29(6)7)24-15-18(2)13-14-19(24)3/h9-15,20-21H,8,16-17H2,1-7H3,(H,28,33). The maximum absolute atomic E-state index is 14.5. The minimum Gasteiger partial charge on any atom is -0.352 e. The molecule has 0 saturated heterocycles. The van der Waals surface area contributed by atoms with E-state index < -0.39 is 40.4 Å². The Morgan fingerprint density at radius 3 is 2.28 bits per heavy atom. The molecule has 2 aromatic carbocycles. The summed E-state index contributed by atoms with van der Waals surface area (Å²) in [5.41, 5.74) is 2.08. The summed E-state index contributed by atoms with van der Waals surface area (Å²) in [6.45, 7) is 8.17. The van der Waals surface area contributed by atoms with Crippen molar-refractivity contribution in [1.82, 2.24) is 14.5 Å². The molecule has 0 aliphatic heterocycles. The van der Waals surface area contributed by atoms with Crippen LogP contribution < -0.4 is 9.62 Å². The van der Waals surface area contributed by atoms with Crippen molar-refractivity contribution < 1.29 is 22.4 Å². The smallest absolute Gasteiger partial charge is 0.304 e. The summed E-state index contributed by atoms with van der Waals surface area (Å²) in [4.78, 5) is 27.9. The van der Waals surface area contributed by atoms with E-state index in [2.05, 4.69) is 5.32 Å². The predicted octanol–water partition coefficient (Wildman–Crippen LogP) is 3.39. The SMILES string of the molecule is CCC(C)NC(=O)C(C)N(Cc1ccccc1F)C(=O)CN(c1cc(C)ccc1C)S(=O)(=O)N(C)C. The van der Waals surface area contributed by atoms with Crippen LogP contribution in [0, 0.1) is 19.7 Å². The molecule has 0 aromatic heterocycles. The average Bonchev–Trinajstić information content (AvgIpc) is 2.82. The Hall–Kier alpha value is -2.98. The first-order valence-corrected chi connectivity index (χ1v) is 13.3. The van der Waals surface area contributed by atoms with E-state index in [1.807, 2.05) is 26.8 Å². The summed E-state index contributed by atoms with van der Waals surface area (Å²) < 4.78 is 43.2. The maximum atomic E-state index is 14.5. The van der Waals surface area contributed by atoms with Crippen LogP contribution in [-0.2, 0) is 26.3 Å². The van der Waals surface area contributed by atoms with Gasteiger partial charge in [-0.2, -0.15) is 12.7 Å². The van der Waals surface area contributed by atoms with Gasteiger partial charge >= 0.3 is 10.2 Å². The number of rotatable bonds is 11. The van der Waals surface area contributed by atoms with E-state index in [-0.39, 0.29) is 18.2 Å². The van der Waals surface area contributed by atoms with Gasteiger partial charge in [-0.1, -0.05) is 37.3 Å². The zero-order chi connectivity index (χ0) is 27.2. The van der Waals surface area contributed by atoms with Crippen molar-refractivity contribution in [2.45, 2.75) is 59.7 Å². The number of nitrogens with one attached hydrogen (secondary N) is 1. The third kappa shape index (κ3) is 7.04. The van der Waals surface area contributed by atoms with Crippen LogP contribution in [0.15, 0.2) is 42.5 Å². The Morgan fingerprint density at radius 1 is 1.06 bits per heavy atom. The van der Waals surface area contributed by atoms with Gasteiger partial charge in [-0.15, -0.1) is 0 Å². The monoisotopic (exact) mass is 520 g/mol. The zero-order valence-electron chi connectivity index (χ0n) is 22.1. The number of nitrogens with zero attached hydrogens (tertiary/aromatic N) is 3. The molecule has 2 amide bonds. The van der Waals surface area contributed by atoms with Crippen LogP contribution in [0.3, 0.4) is 0 Å². The number of hydrogen-bond donors (Lipinski definition) is 1. The molecule has 0 fully saturated rings. The third-order valence-electron chi connectivity index (χ3n) is 6.12. The molecule has 0 heterocycles. The first-order chi connectivity index (χ1) is 16.8. The van der Waals surface area contributed by atoms with Crippen LogP contribution in [0.25, 0.3) is 0 Å². The normalized spacial score (nSPS) is 13.2. The van der Waals surface area contributed by atoms with Crippen LogP contribution in [0.1, 0.15) is 43.9 Å². The molecule has 0 aliphatic rings. The van der Waals surface area contributed by atoms with E-state index in [0.29, 0.717) is 17.7 Å². The van der Waals surface area contributed by atoms with Crippen molar-refractivity contribution in [3.8, 4) is 0 Å². The molecule has 2 atom stereocenters. The molecule has 2 unspecified atom stereocenters. The molecule has 2 aromatic rings. The van der Waals surface area contributed by atoms with Gasteiger partial charge in [0, 0.05) is 32.2 Å². The molecular formula is C26H37FN4O4S. The molecule has 0 aliphatic carbocycles. The molecular weight excluding hydrogens is 483 g/mol. The van der Waals surface area contributed by atoms with Crippen molar-refractivity contribution in [2.75, 3.05) is 24.9 Å². The van der Waals surface area contributed by atoms with E-state index in [9.17, 15) is 22.4 Å². The van der Waals surface area contributed by atoms with Gasteiger partial charge in [0.05, 0.1) is 5.69 Å². The first kappa shape index (κ1) is 29.3. The maximum Gasteiger partial charge on any atom is 0.304 e. The van der Waals surface area contributed by atoms with Gasteiger partial charge in [-0.3, -0.25) is 9.59 Å². The van der Waals surface area contributed by atoms with Crippen molar-refractivity contribution in [1.29, 1.82) is 0 Å². The number of benzene rings is 2. The highest BCUT2D eigenvalue weighted by Gasteiger charge is 2.33. The minimum atomic E-state index is -4.07. The summed E-state index contributed by atoms with van der Waals surface area (Å²) in [7, 11) is -1.29. The fourth-order valence-corrected chi connectivity index (χ4v) is 4.66. The quantitative estimate of drug-likeness (QED) is 0.492. The highest BCUT2D eigenvalue weighted by Crippen LogP contribution is 2.26. The van der Waals surface area contributed by atoms with Gasteiger partial charge in [-0.25, -0.2) is 8.70 Å². The van der Waals surface area contributed by atoms with E-state index in [0.717, 1.165) is 14.2 Å². The van der Waals surface area contributed by atoms with E-state index in [4.69, 9.17) is 0 Å². The van der Waals surface area contributed by atoms with Gasteiger partial charge in [0.2, 0.25) is 11.8 Å². The summed E-state index contributed by atoms with van der Waals surface area (Å²) in [6.07, 6.45) is 0.696. The second-order valence-corrected chi connectivity index (χ2v) is 11.3. The Labute approximate surface area is 214 Å². The Kier molecular flexibility index (Phi) is 10.0. The number of carbonyl (C=O) groups is 2. The van der Waals surface area contributed by atoms with Gasteiger partial charge in [0.25, 0.3) is 0 Å². The minimum absolute atomic E-state index is 0.120. The molecule has 0 radical (unpaired) electrons. The highest BCUT2D eigenvalue weighted by atomic mass is 32.2. The summed E-state index contributed by atoms with van der Waals surface area (Å²) in [5, 5.41) is 2.85. The van der Waals surface area contributed by atoms with Gasteiger partial charge in [0.1, 0.15) is 18.4 Å². The molecule has 0 spiro atoms. The fraction of sp³-hybridized carbons (Fsp3) is 0.462. The number of anilines is 1. The lowest BCUT2D eigenvalue weighted by Crippen LogP contribution is -2.53. The number of halogens is 1. The first-order valence-electron chi connectivity index (χ1n) is 11.9. The highest BCUT2D eigenvalue weighted by molar-refractivity contribution is 7.90. The molecule has 10 heteroatoms. The molecule has 2 rings (SSSR count). The fourth-order valence-electron chi connectivity index (χ4n) is 3.55. The zero-order valence-corrected chi connectivity index (χ0v) is 22.9. The molecule has 36 heavy (non-hydrogen) atoms. The van der Waals surface area contributed by atoms with Gasteiger partial charge in [-0.05, 0) is 57.4 Å². The van der Waals surface area contributed by atoms with E-state index in [1.54, 1.807) is 32.0 Å². The lowest BCUT2D eigenvalue weighted by Gasteiger charge is -2.33. The predicted molar refractivity (Wildman–Crippen MR) is 140 cm³/mol. The van der Waals surface area contributed by atoms with Crippen LogP contribution in [0.5, 0.6) is 0 Å². The summed E-state index contributed by atoms with van der Waals surface area (Å²) in [5.74, 6) is -1.55. The molecule has 0 saturated carbocycles. The topological polar surface area (TPSA) is 90.0 Å². The van der Waals surface area contributed by atoms with Gasteiger partial charge in [0.15, 0.2) is 0 Å².